The molecule has 1 aromatic heterocycles. The number of nitrogens with two attached hydrogens (primary N) is 1. The van der Waals surface area contributed by atoms with Gasteiger partial charge in [0.2, 0.25) is 5.91 Å². The lowest BCUT2D eigenvalue weighted by Gasteiger charge is -2.28. The van der Waals surface area contributed by atoms with Crippen LogP contribution in [0.1, 0.15) is 46.9 Å². The van der Waals surface area contributed by atoms with Gasteiger partial charge < -0.3 is 16.0 Å². The van der Waals surface area contributed by atoms with Crippen molar-refractivity contribution in [2.75, 3.05) is 20.6 Å². The molecule has 3 N–H and O–H groups in total. The molecule has 0 saturated heterocycles. The molecule has 0 bridgehead atoms. The van der Waals surface area contributed by atoms with Gasteiger partial charge in [-0.3, -0.25) is 9.59 Å². The number of aromatic nitrogens is 2. The number of nitrogens with zero attached hydrogens (tertiary/aromatic N) is 3. The second kappa shape index (κ2) is 10.0. The number of rotatable bonds is 10. The summed E-state index contributed by atoms with van der Waals surface area (Å²) in [5.41, 5.74) is 3.50. The molecule has 184 valence electrons. The van der Waals surface area contributed by atoms with Crippen molar-refractivity contribution in [2.45, 2.75) is 43.8 Å². The van der Waals surface area contributed by atoms with Crippen molar-refractivity contribution in [2.24, 2.45) is 11.1 Å². The van der Waals surface area contributed by atoms with Crippen molar-refractivity contribution in [3.63, 3.8) is 0 Å². The highest BCUT2D eigenvalue weighted by atomic mass is 19.4. The first kappa shape index (κ1) is 25.5. The Labute approximate surface area is 194 Å². The molecular formula is C23H27F4N5O2. The molecule has 7 nitrogen and oxygen atoms in total. The van der Waals surface area contributed by atoms with Gasteiger partial charge in [-0.05, 0) is 57.1 Å². The van der Waals surface area contributed by atoms with E-state index in [0.29, 0.717) is 12.0 Å². The third-order valence-corrected chi connectivity index (χ3v) is 6.34. The number of carbonyl (C=O) groups excluding carboxylic acids is 2. The number of primary amides is 1. The van der Waals surface area contributed by atoms with Gasteiger partial charge in [-0.15, -0.1) is 0 Å². The van der Waals surface area contributed by atoms with E-state index in [1.807, 2.05) is 4.90 Å². The molecular weight excluding hydrogens is 454 g/mol. The van der Waals surface area contributed by atoms with Gasteiger partial charge in [-0.2, -0.15) is 13.2 Å². The fourth-order valence-electron chi connectivity index (χ4n) is 4.07. The van der Waals surface area contributed by atoms with Gasteiger partial charge in [0.25, 0.3) is 5.91 Å². The Morgan fingerprint density at radius 3 is 2.35 bits per heavy atom. The van der Waals surface area contributed by atoms with Gasteiger partial charge in [0, 0.05) is 37.3 Å². The number of hydrogen-bond donors (Lipinski definition) is 2. The normalized spacial score (nSPS) is 16.7. The highest BCUT2D eigenvalue weighted by Crippen LogP contribution is 2.65. The second-order valence-electron chi connectivity index (χ2n) is 8.82. The van der Waals surface area contributed by atoms with Gasteiger partial charge in [0.05, 0.1) is 11.0 Å². The first-order valence-electron chi connectivity index (χ1n) is 10.8. The summed E-state index contributed by atoms with van der Waals surface area (Å²) in [5, 5.41) is 2.71. The molecule has 1 aliphatic rings. The van der Waals surface area contributed by atoms with Crippen LogP contribution in [0.25, 0.3) is 0 Å². The van der Waals surface area contributed by atoms with Crippen molar-refractivity contribution < 1.29 is 27.2 Å². The molecule has 0 spiro atoms. The summed E-state index contributed by atoms with van der Waals surface area (Å²) in [5.74, 6) is -3.33. The molecule has 2 amide bonds. The van der Waals surface area contributed by atoms with Crippen molar-refractivity contribution in [1.29, 1.82) is 0 Å². The summed E-state index contributed by atoms with van der Waals surface area (Å²) in [4.78, 5) is 33.7. The smallest absolute Gasteiger partial charge is 0.366 e. The van der Waals surface area contributed by atoms with Crippen LogP contribution >= 0.6 is 0 Å². The molecule has 2 unspecified atom stereocenters. The number of likely N-dealkylation sites (N-methyl/N-ethyl adjacent to an activating group) is 1. The zero-order chi connectivity index (χ0) is 25.1. The summed E-state index contributed by atoms with van der Waals surface area (Å²) >= 11 is 0. The molecule has 1 fully saturated rings. The molecule has 1 heterocycles. The Balaban J connectivity index is 1.68. The van der Waals surface area contributed by atoms with Crippen LogP contribution in [-0.2, 0) is 11.2 Å². The van der Waals surface area contributed by atoms with Gasteiger partial charge >= 0.3 is 6.18 Å². The number of halogens is 4. The molecule has 0 radical (unpaired) electrons. The zero-order valence-electron chi connectivity index (χ0n) is 18.9. The minimum Gasteiger partial charge on any atom is -0.366 e. The SMILES string of the molecule is CN(C)C(CNC(=O)CC(c1ncccn1)C1(C(F)(F)F)CC1)Cc1ccc(C(N)=O)c(F)c1. The Bertz CT molecular complexity index is 1030. The molecule has 2 aromatic rings. The van der Waals surface area contributed by atoms with Crippen molar-refractivity contribution in [1.82, 2.24) is 20.2 Å². The van der Waals surface area contributed by atoms with Crippen LogP contribution in [0.3, 0.4) is 0 Å². The summed E-state index contributed by atoms with van der Waals surface area (Å²) in [6.07, 6.45) is -1.94. The lowest BCUT2D eigenvalue weighted by Crippen LogP contribution is -2.43. The van der Waals surface area contributed by atoms with Crippen LogP contribution < -0.4 is 11.1 Å². The largest absolute Gasteiger partial charge is 0.395 e. The number of nitrogens with one attached hydrogen (secondary N) is 1. The summed E-state index contributed by atoms with van der Waals surface area (Å²) < 4.78 is 55.5. The molecule has 1 saturated carbocycles. The minimum atomic E-state index is -4.47. The third kappa shape index (κ3) is 5.69. The first-order valence-corrected chi connectivity index (χ1v) is 10.8. The number of benzene rings is 1. The van der Waals surface area contributed by atoms with Crippen molar-refractivity contribution >= 4 is 11.8 Å². The average molecular weight is 481 g/mol. The molecule has 0 aliphatic heterocycles. The van der Waals surface area contributed by atoms with Gasteiger partial charge in [0.1, 0.15) is 11.6 Å². The monoisotopic (exact) mass is 481 g/mol. The van der Waals surface area contributed by atoms with Crippen LogP contribution in [0.15, 0.2) is 36.7 Å². The number of carbonyl (C=O) groups is 2. The minimum absolute atomic E-state index is 0.00153. The van der Waals surface area contributed by atoms with Gasteiger partial charge in [0.15, 0.2) is 0 Å². The standard InChI is InChI=1S/C23H27F4N5O2/c1-32(2)15(10-14-4-5-16(20(28)34)18(24)11-14)13-31-19(33)12-17(21-29-8-3-9-30-21)22(6-7-22)23(25,26)27/h3-5,8-9,11,15,17H,6-7,10,12-13H2,1-2H3,(H2,28,34)(H,31,33). The van der Waals surface area contributed by atoms with Crippen LogP contribution in [0.2, 0.25) is 0 Å². The number of alkyl halides is 3. The predicted octanol–water partition coefficient (Wildman–Crippen LogP) is 2.82. The Morgan fingerprint density at radius 1 is 1.21 bits per heavy atom. The Morgan fingerprint density at radius 2 is 1.85 bits per heavy atom. The summed E-state index contributed by atoms with van der Waals surface area (Å²) in [6.45, 7) is 0.131. The van der Waals surface area contributed by atoms with Crippen LogP contribution in [0, 0.1) is 11.2 Å². The maximum absolute atomic E-state index is 14.1. The maximum Gasteiger partial charge on any atom is 0.395 e. The quantitative estimate of drug-likeness (QED) is 0.509. The van der Waals surface area contributed by atoms with Crippen molar-refractivity contribution in [3.05, 3.63) is 59.4 Å². The molecule has 3 rings (SSSR count). The predicted molar refractivity (Wildman–Crippen MR) is 116 cm³/mol. The van der Waals surface area contributed by atoms with E-state index in [0.717, 1.165) is 0 Å². The second-order valence-corrected chi connectivity index (χ2v) is 8.82. The van der Waals surface area contributed by atoms with Gasteiger partial charge in [-0.1, -0.05) is 6.07 Å². The first-order chi connectivity index (χ1) is 15.9. The van der Waals surface area contributed by atoms with E-state index >= 15 is 0 Å². The molecule has 2 atom stereocenters. The summed E-state index contributed by atoms with van der Waals surface area (Å²) in [6, 6.07) is 5.32. The molecule has 1 aliphatic carbocycles. The lowest BCUT2D eigenvalue weighted by atomic mass is 9.84. The molecule has 34 heavy (non-hydrogen) atoms. The van der Waals surface area contributed by atoms with E-state index in [2.05, 4.69) is 15.3 Å². The van der Waals surface area contributed by atoms with Crippen molar-refractivity contribution in [3.8, 4) is 0 Å². The Hall–Kier alpha value is -3.08. The topological polar surface area (TPSA) is 101 Å². The molecule has 1 aromatic carbocycles. The van der Waals surface area contributed by atoms with Crippen LogP contribution in [-0.4, -0.2) is 59.5 Å². The average Bonchev–Trinajstić information content (AvgIpc) is 3.57. The molecule has 11 heteroatoms. The zero-order valence-corrected chi connectivity index (χ0v) is 18.9. The van der Waals surface area contributed by atoms with E-state index in [1.165, 1.54) is 30.6 Å². The van der Waals surface area contributed by atoms with E-state index < -0.39 is 41.6 Å². The fourth-order valence-corrected chi connectivity index (χ4v) is 4.07. The van der Waals surface area contributed by atoms with E-state index in [-0.39, 0.29) is 36.8 Å². The van der Waals surface area contributed by atoms with Crippen LogP contribution in [0.4, 0.5) is 17.6 Å². The summed E-state index contributed by atoms with van der Waals surface area (Å²) in [7, 11) is 3.54. The number of amides is 2. The highest BCUT2D eigenvalue weighted by molar-refractivity contribution is 5.93. The van der Waals surface area contributed by atoms with Crippen LogP contribution in [0.5, 0.6) is 0 Å². The van der Waals surface area contributed by atoms with E-state index in [9.17, 15) is 27.2 Å². The van der Waals surface area contributed by atoms with Gasteiger partial charge in [-0.25, -0.2) is 14.4 Å². The lowest BCUT2D eigenvalue weighted by molar-refractivity contribution is -0.195. The number of hydrogen-bond acceptors (Lipinski definition) is 5. The van der Waals surface area contributed by atoms with E-state index in [4.69, 9.17) is 5.73 Å². The fraction of sp³-hybridized carbons (Fsp3) is 0.478. The maximum atomic E-state index is 14.1. The van der Waals surface area contributed by atoms with E-state index in [1.54, 1.807) is 20.2 Å². The highest BCUT2D eigenvalue weighted by Gasteiger charge is 2.68. The third-order valence-electron chi connectivity index (χ3n) is 6.34. The Kier molecular flexibility index (Phi) is 7.54.